The topological polar surface area (TPSA) is 68.2 Å². The molecule has 1 aliphatic rings. The van der Waals surface area contributed by atoms with Crippen molar-refractivity contribution in [3.63, 3.8) is 0 Å². The van der Waals surface area contributed by atoms with Gasteiger partial charge in [0.1, 0.15) is 5.00 Å². The van der Waals surface area contributed by atoms with E-state index in [1.165, 1.54) is 4.88 Å². The van der Waals surface area contributed by atoms with E-state index >= 15 is 0 Å². The van der Waals surface area contributed by atoms with E-state index in [2.05, 4.69) is 15.7 Å². The summed E-state index contributed by atoms with van der Waals surface area (Å²) >= 11 is 7.06. The molecule has 140 valence electrons. The first kappa shape index (κ1) is 18.8. The zero-order valence-corrected chi connectivity index (χ0v) is 17.0. The number of ether oxygens (including phenoxy) is 1. The second-order valence-corrected chi connectivity index (χ2v) is 7.84. The number of hydrogen-bond acceptors (Lipinski definition) is 5. The Morgan fingerprint density at radius 3 is 2.88 bits per heavy atom. The Morgan fingerprint density at radius 2 is 2.19 bits per heavy atom. The summed E-state index contributed by atoms with van der Waals surface area (Å²) in [6.45, 7) is 4.80. The molecule has 3 rings (SSSR count). The summed E-state index contributed by atoms with van der Waals surface area (Å²) in [6, 6.07) is 0. The van der Waals surface area contributed by atoms with Crippen LogP contribution in [0.15, 0.2) is 6.20 Å². The van der Waals surface area contributed by atoms with Gasteiger partial charge in [-0.15, -0.1) is 11.3 Å². The molecule has 2 heterocycles. The van der Waals surface area contributed by atoms with Crippen molar-refractivity contribution in [1.82, 2.24) is 15.1 Å². The molecular weight excluding hydrogens is 368 g/mol. The molecule has 0 unspecified atom stereocenters. The van der Waals surface area contributed by atoms with Gasteiger partial charge < -0.3 is 15.4 Å². The number of fused-ring (bicyclic) bond motifs is 1. The van der Waals surface area contributed by atoms with Gasteiger partial charge in [-0.1, -0.05) is 0 Å². The highest BCUT2D eigenvalue weighted by atomic mass is 32.1. The van der Waals surface area contributed by atoms with Gasteiger partial charge in [-0.25, -0.2) is 4.79 Å². The second kappa shape index (κ2) is 8.18. The summed E-state index contributed by atoms with van der Waals surface area (Å²) in [5, 5.41) is 11.9. The van der Waals surface area contributed by atoms with E-state index in [0.29, 0.717) is 23.8 Å². The fraction of sp³-hybridized carbons (Fsp3) is 0.500. The summed E-state index contributed by atoms with van der Waals surface area (Å²) in [5.41, 5.74) is 3.98. The minimum absolute atomic E-state index is 0.264. The molecular formula is C18H24N4O2S2. The molecule has 8 heteroatoms. The lowest BCUT2D eigenvalue weighted by Crippen LogP contribution is -2.28. The number of aryl methyl sites for hydroxylation is 2. The van der Waals surface area contributed by atoms with Crippen LogP contribution in [0.3, 0.4) is 0 Å². The molecule has 0 aromatic carbocycles. The number of esters is 1. The standard InChI is InChI=1S/C18H24N4O2S2/c1-4-24-17(23)15-13-7-5-6-8-14(13)26-16(15)21-18(25)19-9-12-10-20-22(3)11(12)2/h10H,4-9H2,1-3H3,(H2,19,21,25). The maximum Gasteiger partial charge on any atom is 0.341 e. The van der Waals surface area contributed by atoms with Crippen molar-refractivity contribution < 1.29 is 9.53 Å². The van der Waals surface area contributed by atoms with Gasteiger partial charge in [-0.2, -0.15) is 5.10 Å². The third kappa shape index (κ3) is 3.91. The Kier molecular flexibility index (Phi) is 5.93. The van der Waals surface area contributed by atoms with Gasteiger partial charge in [0, 0.05) is 29.7 Å². The molecule has 2 aromatic heterocycles. The minimum atomic E-state index is -0.264. The number of aromatic nitrogens is 2. The minimum Gasteiger partial charge on any atom is -0.462 e. The van der Waals surface area contributed by atoms with E-state index in [1.807, 2.05) is 31.8 Å². The number of thiophene rings is 1. The highest BCUT2D eigenvalue weighted by Crippen LogP contribution is 2.38. The molecule has 0 fully saturated rings. The molecule has 1 aliphatic carbocycles. The average Bonchev–Trinajstić information content (AvgIpc) is 3.13. The number of anilines is 1. The highest BCUT2D eigenvalue weighted by Gasteiger charge is 2.26. The maximum absolute atomic E-state index is 12.5. The number of carbonyl (C=O) groups excluding carboxylic acids is 1. The number of rotatable bonds is 5. The quantitative estimate of drug-likeness (QED) is 0.601. The first-order chi connectivity index (χ1) is 12.5. The molecule has 26 heavy (non-hydrogen) atoms. The van der Waals surface area contributed by atoms with E-state index in [1.54, 1.807) is 11.3 Å². The van der Waals surface area contributed by atoms with Gasteiger partial charge in [0.15, 0.2) is 5.11 Å². The van der Waals surface area contributed by atoms with Crippen LogP contribution in [0, 0.1) is 6.92 Å². The average molecular weight is 393 g/mol. The van der Waals surface area contributed by atoms with Gasteiger partial charge in [0.05, 0.1) is 18.4 Å². The number of hydrogen-bond donors (Lipinski definition) is 2. The molecule has 0 saturated carbocycles. The van der Waals surface area contributed by atoms with Crippen LogP contribution >= 0.6 is 23.6 Å². The summed E-state index contributed by atoms with van der Waals surface area (Å²) < 4.78 is 7.11. The predicted molar refractivity (Wildman–Crippen MR) is 108 cm³/mol. The smallest absolute Gasteiger partial charge is 0.341 e. The Labute approximate surface area is 162 Å². The number of nitrogens with one attached hydrogen (secondary N) is 2. The largest absolute Gasteiger partial charge is 0.462 e. The lowest BCUT2D eigenvalue weighted by Gasteiger charge is -2.13. The van der Waals surface area contributed by atoms with Crippen molar-refractivity contribution in [2.24, 2.45) is 7.05 Å². The number of nitrogens with zero attached hydrogens (tertiary/aromatic N) is 2. The highest BCUT2D eigenvalue weighted by molar-refractivity contribution is 7.80. The van der Waals surface area contributed by atoms with Crippen molar-refractivity contribution in [2.75, 3.05) is 11.9 Å². The molecule has 0 radical (unpaired) electrons. The van der Waals surface area contributed by atoms with Crippen LogP contribution in [-0.4, -0.2) is 27.5 Å². The molecule has 6 nitrogen and oxygen atoms in total. The first-order valence-electron chi connectivity index (χ1n) is 8.85. The lowest BCUT2D eigenvalue weighted by molar-refractivity contribution is 0.0526. The maximum atomic E-state index is 12.5. The van der Waals surface area contributed by atoms with E-state index in [-0.39, 0.29) is 5.97 Å². The third-order valence-electron chi connectivity index (χ3n) is 4.65. The molecule has 2 aromatic rings. The summed E-state index contributed by atoms with van der Waals surface area (Å²) in [6.07, 6.45) is 6.05. The zero-order valence-electron chi connectivity index (χ0n) is 15.3. The van der Waals surface area contributed by atoms with Crippen LogP contribution in [0.1, 0.15) is 51.8 Å². The van der Waals surface area contributed by atoms with Crippen LogP contribution in [0.5, 0.6) is 0 Å². The Bertz CT molecular complexity index is 826. The van der Waals surface area contributed by atoms with Gasteiger partial charge in [-0.3, -0.25) is 4.68 Å². The SMILES string of the molecule is CCOC(=O)c1c(NC(=S)NCc2cnn(C)c2C)sc2c1CCCC2. The van der Waals surface area contributed by atoms with Crippen molar-refractivity contribution in [1.29, 1.82) is 0 Å². The molecule has 0 amide bonds. The fourth-order valence-electron chi connectivity index (χ4n) is 3.11. The van der Waals surface area contributed by atoms with Crippen molar-refractivity contribution in [3.8, 4) is 0 Å². The van der Waals surface area contributed by atoms with Crippen LogP contribution < -0.4 is 10.6 Å². The zero-order chi connectivity index (χ0) is 18.7. The molecule has 0 aliphatic heterocycles. The van der Waals surface area contributed by atoms with Crippen LogP contribution in [0.25, 0.3) is 0 Å². The predicted octanol–water partition coefficient (Wildman–Crippen LogP) is 3.33. The van der Waals surface area contributed by atoms with E-state index in [0.717, 1.165) is 47.5 Å². The molecule has 0 saturated heterocycles. The fourth-order valence-corrected chi connectivity index (χ4v) is 4.63. The van der Waals surface area contributed by atoms with E-state index < -0.39 is 0 Å². The molecule has 2 N–H and O–H groups in total. The van der Waals surface area contributed by atoms with Crippen molar-refractivity contribution >= 4 is 39.6 Å². The lowest BCUT2D eigenvalue weighted by atomic mass is 9.95. The van der Waals surface area contributed by atoms with Gasteiger partial charge in [-0.05, 0) is 57.3 Å². The molecule has 0 atom stereocenters. The second-order valence-electron chi connectivity index (χ2n) is 6.32. The van der Waals surface area contributed by atoms with Crippen LogP contribution in [0.2, 0.25) is 0 Å². The number of carbonyl (C=O) groups is 1. The Hall–Kier alpha value is -1.93. The van der Waals surface area contributed by atoms with E-state index in [9.17, 15) is 4.79 Å². The van der Waals surface area contributed by atoms with Gasteiger partial charge in [0.25, 0.3) is 0 Å². The van der Waals surface area contributed by atoms with Gasteiger partial charge >= 0.3 is 5.97 Å². The normalized spacial score (nSPS) is 13.2. The molecule has 0 bridgehead atoms. The molecule has 0 spiro atoms. The van der Waals surface area contributed by atoms with Gasteiger partial charge in [0.2, 0.25) is 0 Å². The summed E-state index contributed by atoms with van der Waals surface area (Å²) in [4.78, 5) is 13.7. The van der Waals surface area contributed by atoms with Crippen molar-refractivity contribution in [3.05, 3.63) is 33.5 Å². The monoisotopic (exact) mass is 392 g/mol. The summed E-state index contributed by atoms with van der Waals surface area (Å²) in [5.74, 6) is -0.264. The first-order valence-corrected chi connectivity index (χ1v) is 10.1. The Balaban J connectivity index is 1.74. The third-order valence-corrected chi connectivity index (χ3v) is 6.11. The summed E-state index contributed by atoms with van der Waals surface area (Å²) in [7, 11) is 1.91. The number of thiocarbonyl (C=S) groups is 1. The van der Waals surface area contributed by atoms with Crippen LogP contribution in [0.4, 0.5) is 5.00 Å². The van der Waals surface area contributed by atoms with E-state index in [4.69, 9.17) is 17.0 Å². The Morgan fingerprint density at radius 1 is 1.42 bits per heavy atom. The van der Waals surface area contributed by atoms with Crippen molar-refractivity contribution in [2.45, 2.75) is 46.1 Å². The van der Waals surface area contributed by atoms with Crippen LogP contribution in [-0.2, 0) is 31.2 Å².